The molecule has 0 aromatic heterocycles. The van der Waals surface area contributed by atoms with Crippen molar-refractivity contribution in [3.8, 4) is 5.75 Å². The van der Waals surface area contributed by atoms with E-state index >= 15 is 0 Å². The van der Waals surface area contributed by atoms with Crippen LogP contribution in [-0.2, 0) is 0 Å². The van der Waals surface area contributed by atoms with Crippen molar-refractivity contribution in [1.82, 2.24) is 0 Å². The molecule has 0 atom stereocenters. The highest BCUT2D eigenvalue weighted by molar-refractivity contribution is 6.45. The molecule has 0 fully saturated rings. The van der Waals surface area contributed by atoms with Gasteiger partial charge in [-0.3, -0.25) is 0 Å². The van der Waals surface area contributed by atoms with Crippen molar-refractivity contribution in [2.75, 3.05) is 6.61 Å². The van der Waals surface area contributed by atoms with Crippen molar-refractivity contribution in [3.63, 3.8) is 0 Å². The van der Waals surface area contributed by atoms with E-state index in [1.54, 1.807) is 0 Å². The van der Waals surface area contributed by atoms with Crippen LogP contribution in [0.3, 0.4) is 0 Å². The minimum absolute atomic E-state index is 0.738. The van der Waals surface area contributed by atoms with Gasteiger partial charge in [-0.2, -0.15) is 0 Å². The fraction of sp³-hybridized carbons (Fsp3) is 0.333. The Hall–Kier alpha value is -0.955. The van der Waals surface area contributed by atoms with E-state index in [0.29, 0.717) is 0 Å². The van der Waals surface area contributed by atoms with Crippen LogP contribution in [0.15, 0.2) is 24.3 Å². The molecular weight excluding hydrogens is 151 g/mol. The highest BCUT2D eigenvalue weighted by Gasteiger charge is 1.94. The van der Waals surface area contributed by atoms with Gasteiger partial charge in [0, 0.05) is 0 Å². The first-order chi connectivity index (χ1) is 5.86. The zero-order chi connectivity index (χ0) is 8.81. The van der Waals surface area contributed by atoms with Crippen LogP contribution >= 0.6 is 0 Å². The van der Waals surface area contributed by atoms with Crippen LogP contribution in [0.5, 0.6) is 5.75 Å². The first kappa shape index (κ1) is 9.14. The molecule has 1 rings (SSSR count). The van der Waals surface area contributed by atoms with E-state index in [9.17, 15) is 0 Å². The smallest absolute Gasteiger partial charge is 0.326 e. The molecule has 0 saturated heterocycles. The lowest BCUT2D eigenvalue weighted by atomic mass is 9.89. The number of rotatable bonds is 4. The predicted octanol–water partition coefficient (Wildman–Crippen LogP) is 0.712. The Morgan fingerprint density at radius 2 is 2.00 bits per heavy atom. The molecule has 0 aliphatic rings. The van der Waals surface area contributed by atoms with Crippen LogP contribution in [0.2, 0.25) is 0 Å². The summed E-state index contributed by atoms with van der Waals surface area (Å²) in [6.07, 6.45) is 1.01. The Kier molecular flexibility index (Phi) is 3.68. The van der Waals surface area contributed by atoms with E-state index in [1.807, 2.05) is 24.3 Å². The molecule has 12 heavy (non-hydrogen) atoms. The molecule has 0 bridgehead atoms. The molecule has 0 aliphatic heterocycles. The van der Waals surface area contributed by atoms with Crippen LogP contribution in [0.1, 0.15) is 13.3 Å². The molecule has 1 radical (unpaired) electrons. The first-order valence-corrected chi connectivity index (χ1v) is 4.07. The molecule has 0 heterocycles. The summed E-state index contributed by atoms with van der Waals surface area (Å²) in [5.74, 6) is 0.849. The summed E-state index contributed by atoms with van der Waals surface area (Å²) in [6, 6.07) is 7.31. The van der Waals surface area contributed by atoms with E-state index in [1.165, 1.54) is 0 Å². The Labute approximate surface area is 73.5 Å². The van der Waals surface area contributed by atoms with Crippen LogP contribution in [0, 0.1) is 0 Å². The minimum Gasteiger partial charge on any atom is -0.494 e. The van der Waals surface area contributed by atoms with Gasteiger partial charge in [0.05, 0.1) is 6.61 Å². The molecule has 1 aromatic rings. The van der Waals surface area contributed by atoms with Crippen LogP contribution in [0.4, 0.5) is 0 Å². The molecular formula is C9H12BO2. The van der Waals surface area contributed by atoms with Gasteiger partial charge in [-0.25, -0.2) is 0 Å². The van der Waals surface area contributed by atoms with Crippen molar-refractivity contribution in [2.24, 2.45) is 0 Å². The molecule has 0 aliphatic carbocycles. The van der Waals surface area contributed by atoms with Gasteiger partial charge < -0.3 is 9.76 Å². The lowest BCUT2D eigenvalue weighted by Crippen LogP contribution is -2.12. The zero-order valence-electron chi connectivity index (χ0n) is 7.16. The summed E-state index contributed by atoms with van der Waals surface area (Å²) in [6.45, 7) is 2.80. The maximum Gasteiger partial charge on any atom is 0.326 e. The van der Waals surface area contributed by atoms with Gasteiger partial charge >= 0.3 is 7.48 Å². The highest BCUT2D eigenvalue weighted by Crippen LogP contribution is 2.06. The average molecular weight is 163 g/mol. The second-order valence-corrected chi connectivity index (χ2v) is 2.55. The van der Waals surface area contributed by atoms with E-state index < -0.39 is 0 Å². The number of hydrogen-bond donors (Lipinski definition) is 1. The molecule has 1 N–H and O–H groups in total. The molecule has 0 spiro atoms. The van der Waals surface area contributed by atoms with E-state index in [4.69, 9.17) is 9.76 Å². The lowest BCUT2D eigenvalue weighted by Gasteiger charge is -2.03. The summed E-state index contributed by atoms with van der Waals surface area (Å²) in [5.41, 5.74) is 0.791. The third-order valence-corrected chi connectivity index (χ3v) is 1.50. The van der Waals surface area contributed by atoms with Crippen LogP contribution in [0.25, 0.3) is 0 Å². The average Bonchev–Trinajstić information content (AvgIpc) is 2.15. The fourth-order valence-corrected chi connectivity index (χ4v) is 0.870. The molecule has 2 nitrogen and oxygen atoms in total. The van der Waals surface area contributed by atoms with Gasteiger partial charge in [0.25, 0.3) is 0 Å². The maximum atomic E-state index is 8.64. The van der Waals surface area contributed by atoms with Crippen molar-refractivity contribution >= 4 is 12.9 Å². The monoisotopic (exact) mass is 163 g/mol. The van der Waals surface area contributed by atoms with Gasteiger partial charge in [0.2, 0.25) is 0 Å². The Morgan fingerprint density at radius 3 is 2.50 bits per heavy atom. The van der Waals surface area contributed by atoms with Gasteiger partial charge in [0.15, 0.2) is 0 Å². The summed E-state index contributed by atoms with van der Waals surface area (Å²) in [5, 5.41) is 8.64. The molecule has 0 unspecified atom stereocenters. The standard InChI is InChI=1S/C9H12BO2/c1-2-7-12-9-5-3-8(10-11)4-6-9/h3-6,11H,2,7H2,1H3. The summed E-state index contributed by atoms with van der Waals surface area (Å²) < 4.78 is 5.36. The Balaban J connectivity index is 2.53. The lowest BCUT2D eigenvalue weighted by molar-refractivity contribution is 0.317. The third-order valence-electron chi connectivity index (χ3n) is 1.50. The number of hydrogen-bond acceptors (Lipinski definition) is 2. The van der Waals surface area contributed by atoms with Gasteiger partial charge in [-0.1, -0.05) is 24.5 Å². The minimum atomic E-state index is 0.738. The molecule has 0 saturated carbocycles. The van der Waals surface area contributed by atoms with Gasteiger partial charge in [-0.05, 0) is 18.6 Å². The summed E-state index contributed by atoms with van der Waals surface area (Å²) in [4.78, 5) is 0. The van der Waals surface area contributed by atoms with E-state index in [-0.39, 0.29) is 0 Å². The van der Waals surface area contributed by atoms with Crippen molar-refractivity contribution in [1.29, 1.82) is 0 Å². The van der Waals surface area contributed by atoms with E-state index in [0.717, 1.165) is 31.7 Å². The quantitative estimate of drug-likeness (QED) is 0.662. The second kappa shape index (κ2) is 4.83. The van der Waals surface area contributed by atoms with Crippen molar-refractivity contribution in [3.05, 3.63) is 24.3 Å². The number of benzene rings is 1. The maximum absolute atomic E-state index is 8.64. The van der Waals surface area contributed by atoms with E-state index in [2.05, 4.69) is 6.92 Å². The predicted molar refractivity (Wildman–Crippen MR) is 49.8 cm³/mol. The first-order valence-electron chi connectivity index (χ1n) is 4.07. The second-order valence-electron chi connectivity index (χ2n) is 2.55. The number of ether oxygens (including phenoxy) is 1. The van der Waals surface area contributed by atoms with Crippen molar-refractivity contribution in [2.45, 2.75) is 13.3 Å². The zero-order valence-corrected chi connectivity index (χ0v) is 7.16. The normalized spacial score (nSPS) is 9.50. The summed E-state index contributed by atoms with van der Waals surface area (Å²) >= 11 is 0. The van der Waals surface area contributed by atoms with Gasteiger partial charge in [-0.15, -0.1) is 0 Å². The Morgan fingerprint density at radius 1 is 1.33 bits per heavy atom. The topological polar surface area (TPSA) is 29.5 Å². The summed E-state index contributed by atoms with van der Waals surface area (Å²) in [7, 11) is 1.07. The van der Waals surface area contributed by atoms with Gasteiger partial charge in [0.1, 0.15) is 5.75 Å². The third kappa shape index (κ3) is 2.59. The van der Waals surface area contributed by atoms with Crippen LogP contribution in [-0.4, -0.2) is 19.1 Å². The molecule has 0 amide bonds. The molecule has 1 aromatic carbocycles. The van der Waals surface area contributed by atoms with Crippen LogP contribution < -0.4 is 10.2 Å². The molecule has 3 heteroatoms. The Bertz CT molecular complexity index is 220. The van der Waals surface area contributed by atoms with Crippen molar-refractivity contribution < 1.29 is 9.76 Å². The fourth-order valence-electron chi connectivity index (χ4n) is 0.870. The SMILES string of the molecule is CCCOc1ccc([B]O)cc1. The highest BCUT2D eigenvalue weighted by atomic mass is 16.5. The largest absolute Gasteiger partial charge is 0.494 e. The molecule has 63 valence electrons.